The van der Waals surface area contributed by atoms with Crippen molar-refractivity contribution in [2.24, 2.45) is 11.8 Å². The van der Waals surface area contributed by atoms with Crippen molar-refractivity contribution in [3.8, 4) is 5.75 Å². The van der Waals surface area contributed by atoms with Crippen LogP contribution in [0.25, 0.3) is 0 Å². The number of halogens is 1. The van der Waals surface area contributed by atoms with E-state index in [4.69, 9.17) is 4.74 Å². The molecule has 112 valence electrons. The molecule has 2 atom stereocenters. The van der Waals surface area contributed by atoms with Crippen LogP contribution in [-0.4, -0.2) is 37.7 Å². The van der Waals surface area contributed by atoms with Gasteiger partial charge in [-0.15, -0.1) is 12.4 Å². The summed E-state index contributed by atoms with van der Waals surface area (Å²) in [5.41, 5.74) is 1.33. The number of benzene rings is 1. The largest absolute Gasteiger partial charge is 0.494 e. The SMILES string of the molecule is CCOc1ccccc1CN1CCC2CNCC2C1.Cl. The highest BCUT2D eigenvalue weighted by Gasteiger charge is 2.32. The third-order valence-corrected chi connectivity index (χ3v) is 4.45. The summed E-state index contributed by atoms with van der Waals surface area (Å²) in [5, 5.41) is 3.53. The van der Waals surface area contributed by atoms with E-state index in [0.29, 0.717) is 0 Å². The average Bonchev–Trinajstić information content (AvgIpc) is 2.89. The standard InChI is InChI=1S/C16H24N2O.ClH/c1-2-19-16-6-4-3-5-14(16)11-18-8-7-13-9-17-10-15(13)12-18;/h3-6,13,15,17H,2,7-12H2,1H3;1H. The highest BCUT2D eigenvalue weighted by atomic mass is 35.5. The lowest BCUT2D eigenvalue weighted by atomic mass is 9.88. The monoisotopic (exact) mass is 296 g/mol. The summed E-state index contributed by atoms with van der Waals surface area (Å²) in [6, 6.07) is 8.45. The fraction of sp³-hybridized carbons (Fsp3) is 0.625. The second-order valence-corrected chi connectivity index (χ2v) is 5.74. The van der Waals surface area contributed by atoms with Gasteiger partial charge in [0.15, 0.2) is 0 Å². The average molecular weight is 297 g/mol. The fourth-order valence-electron chi connectivity index (χ4n) is 3.43. The predicted molar refractivity (Wildman–Crippen MR) is 84.6 cm³/mol. The number of hydrogen-bond donors (Lipinski definition) is 1. The summed E-state index contributed by atoms with van der Waals surface area (Å²) < 4.78 is 5.73. The van der Waals surface area contributed by atoms with Crippen molar-refractivity contribution in [1.29, 1.82) is 0 Å². The zero-order chi connectivity index (χ0) is 13.1. The summed E-state index contributed by atoms with van der Waals surface area (Å²) in [6.45, 7) is 8.71. The molecule has 1 N–H and O–H groups in total. The van der Waals surface area contributed by atoms with E-state index < -0.39 is 0 Å². The first-order valence-corrected chi connectivity index (χ1v) is 7.50. The molecule has 2 fully saturated rings. The van der Waals surface area contributed by atoms with E-state index in [2.05, 4.69) is 34.5 Å². The van der Waals surface area contributed by atoms with Gasteiger partial charge in [0.1, 0.15) is 5.75 Å². The van der Waals surface area contributed by atoms with Crippen LogP contribution in [0.1, 0.15) is 18.9 Å². The van der Waals surface area contributed by atoms with E-state index in [1.165, 1.54) is 38.2 Å². The Morgan fingerprint density at radius 3 is 2.90 bits per heavy atom. The number of rotatable bonds is 4. The molecular weight excluding hydrogens is 272 g/mol. The minimum atomic E-state index is 0. The number of likely N-dealkylation sites (tertiary alicyclic amines) is 1. The van der Waals surface area contributed by atoms with Crippen LogP contribution in [0.5, 0.6) is 5.75 Å². The molecule has 0 radical (unpaired) electrons. The van der Waals surface area contributed by atoms with Crippen molar-refractivity contribution < 1.29 is 4.74 Å². The van der Waals surface area contributed by atoms with Crippen LogP contribution in [0.4, 0.5) is 0 Å². The molecule has 1 aromatic carbocycles. The molecular formula is C16H25ClN2O. The number of nitrogens with one attached hydrogen (secondary N) is 1. The Labute approximate surface area is 128 Å². The molecule has 0 saturated carbocycles. The normalized spacial score (nSPS) is 25.9. The smallest absolute Gasteiger partial charge is 0.123 e. The number of para-hydroxylation sites is 1. The molecule has 1 aromatic rings. The number of hydrogen-bond acceptors (Lipinski definition) is 3. The van der Waals surface area contributed by atoms with Gasteiger partial charge < -0.3 is 10.1 Å². The summed E-state index contributed by atoms with van der Waals surface area (Å²) >= 11 is 0. The predicted octanol–water partition coefficient (Wildman–Crippen LogP) is 2.55. The molecule has 2 heterocycles. The van der Waals surface area contributed by atoms with Crippen LogP contribution in [0, 0.1) is 11.8 Å². The van der Waals surface area contributed by atoms with Crippen molar-refractivity contribution in [3.05, 3.63) is 29.8 Å². The molecule has 0 amide bonds. The first-order valence-electron chi connectivity index (χ1n) is 7.50. The molecule has 0 aliphatic carbocycles. The maximum Gasteiger partial charge on any atom is 0.123 e. The fourth-order valence-corrected chi connectivity index (χ4v) is 3.43. The lowest BCUT2D eigenvalue weighted by Crippen LogP contribution is -2.39. The van der Waals surface area contributed by atoms with Gasteiger partial charge in [0.2, 0.25) is 0 Å². The third kappa shape index (κ3) is 3.46. The van der Waals surface area contributed by atoms with E-state index in [0.717, 1.165) is 30.7 Å². The van der Waals surface area contributed by atoms with Gasteiger partial charge in [0.05, 0.1) is 6.61 Å². The summed E-state index contributed by atoms with van der Waals surface area (Å²) in [5.74, 6) is 2.82. The Morgan fingerprint density at radius 2 is 2.05 bits per heavy atom. The highest BCUT2D eigenvalue weighted by Crippen LogP contribution is 2.28. The molecule has 0 aromatic heterocycles. The summed E-state index contributed by atoms with van der Waals surface area (Å²) in [7, 11) is 0. The van der Waals surface area contributed by atoms with E-state index in [1.807, 2.05) is 6.92 Å². The van der Waals surface area contributed by atoms with Crippen LogP contribution in [-0.2, 0) is 6.54 Å². The van der Waals surface area contributed by atoms with Gasteiger partial charge in [-0.2, -0.15) is 0 Å². The second kappa shape index (κ2) is 7.30. The van der Waals surface area contributed by atoms with Crippen LogP contribution in [0.15, 0.2) is 24.3 Å². The zero-order valence-electron chi connectivity index (χ0n) is 12.2. The minimum Gasteiger partial charge on any atom is -0.494 e. The van der Waals surface area contributed by atoms with Crippen LogP contribution < -0.4 is 10.1 Å². The minimum absolute atomic E-state index is 0. The van der Waals surface area contributed by atoms with Crippen molar-refractivity contribution in [2.75, 3.05) is 32.8 Å². The van der Waals surface area contributed by atoms with Gasteiger partial charge in [-0.1, -0.05) is 18.2 Å². The number of nitrogens with zero attached hydrogens (tertiary/aromatic N) is 1. The van der Waals surface area contributed by atoms with Crippen LogP contribution >= 0.6 is 12.4 Å². The lowest BCUT2D eigenvalue weighted by molar-refractivity contribution is 0.141. The number of ether oxygens (including phenoxy) is 1. The molecule has 2 aliphatic rings. The Kier molecular flexibility index (Phi) is 5.70. The Hall–Kier alpha value is -0.770. The Bertz CT molecular complexity index is 427. The van der Waals surface area contributed by atoms with Gasteiger partial charge >= 0.3 is 0 Å². The van der Waals surface area contributed by atoms with Crippen molar-refractivity contribution in [3.63, 3.8) is 0 Å². The van der Waals surface area contributed by atoms with E-state index >= 15 is 0 Å². The van der Waals surface area contributed by atoms with Gasteiger partial charge in [-0.3, -0.25) is 4.90 Å². The number of fused-ring (bicyclic) bond motifs is 1. The topological polar surface area (TPSA) is 24.5 Å². The lowest BCUT2D eigenvalue weighted by Gasteiger charge is -2.34. The van der Waals surface area contributed by atoms with Gasteiger partial charge in [-0.05, 0) is 50.9 Å². The van der Waals surface area contributed by atoms with Crippen LogP contribution in [0.3, 0.4) is 0 Å². The first kappa shape index (κ1) is 15.6. The maximum absolute atomic E-state index is 5.73. The Morgan fingerprint density at radius 1 is 1.25 bits per heavy atom. The van der Waals surface area contributed by atoms with Crippen molar-refractivity contribution in [1.82, 2.24) is 10.2 Å². The van der Waals surface area contributed by atoms with Gasteiger partial charge in [0, 0.05) is 18.7 Å². The van der Waals surface area contributed by atoms with E-state index in [9.17, 15) is 0 Å². The zero-order valence-corrected chi connectivity index (χ0v) is 13.0. The summed E-state index contributed by atoms with van der Waals surface area (Å²) in [4.78, 5) is 2.59. The summed E-state index contributed by atoms with van der Waals surface area (Å²) in [6.07, 6.45) is 1.34. The first-order chi connectivity index (χ1) is 9.36. The van der Waals surface area contributed by atoms with Crippen molar-refractivity contribution in [2.45, 2.75) is 19.9 Å². The molecule has 0 bridgehead atoms. The van der Waals surface area contributed by atoms with Crippen molar-refractivity contribution >= 4 is 12.4 Å². The second-order valence-electron chi connectivity index (χ2n) is 5.74. The van der Waals surface area contributed by atoms with E-state index in [1.54, 1.807) is 0 Å². The molecule has 3 rings (SSSR count). The van der Waals surface area contributed by atoms with Gasteiger partial charge in [0.25, 0.3) is 0 Å². The third-order valence-electron chi connectivity index (χ3n) is 4.45. The highest BCUT2D eigenvalue weighted by molar-refractivity contribution is 5.85. The molecule has 0 spiro atoms. The van der Waals surface area contributed by atoms with E-state index in [-0.39, 0.29) is 12.4 Å². The van der Waals surface area contributed by atoms with Gasteiger partial charge in [-0.25, -0.2) is 0 Å². The maximum atomic E-state index is 5.73. The molecule has 4 heteroatoms. The number of piperidine rings is 1. The van der Waals surface area contributed by atoms with Crippen LogP contribution in [0.2, 0.25) is 0 Å². The molecule has 2 aliphatic heterocycles. The molecule has 3 nitrogen and oxygen atoms in total. The Balaban J connectivity index is 0.00000147. The molecule has 20 heavy (non-hydrogen) atoms. The molecule has 2 saturated heterocycles. The molecule has 2 unspecified atom stereocenters. The quantitative estimate of drug-likeness (QED) is 0.924.